The summed E-state index contributed by atoms with van der Waals surface area (Å²) in [6.45, 7) is 1.46. The number of nitrogens with one attached hydrogen (secondary N) is 1. The molecule has 1 aromatic carbocycles. The van der Waals surface area contributed by atoms with E-state index in [0.717, 1.165) is 0 Å². The van der Waals surface area contributed by atoms with Crippen LogP contribution in [0.15, 0.2) is 35.2 Å². The van der Waals surface area contributed by atoms with Crippen molar-refractivity contribution >= 4 is 16.1 Å². The van der Waals surface area contributed by atoms with Crippen molar-refractivity contribution in [2.45, 2.75) is 4.90 Å². The summed E-state index contributed by atoms with van der Waals surface area (Å²) in [5.74, 6) is 0. The van der Waals surface area contributed by atoms with Gasteiger partial charge in [-0.1, -0.05) is 18.2 Å². The first-order valence-electron chi connectivity index (χ1n) is 5.86. The number of rotatable bonds is 3. The molecule has 0 atom stereocenters. The number of piperazine rings is 1. The Labute approximate surface area is 112 Å². The van der Waals surface area contributed by atoms with Gasteiger partial charge in [0.15, 0.2) is 0 Å². The fraction of sp³-hybridized carbons (Fsp3) is 0.364. The lowest BCUT2D eigenvalue weighted by Crippen LogP contribution is -2.55. The molecule has 1 aliphatic heterocycles. The molecule has 1 aromatic rings. The smallest absolute Gasteiger partial charge is 0.326 e. The summed E-state index contributed by atoms with van der Waals surface area (Å²) in [4.78, 5) is 11.0. The molecule has 0 radical (unpaired) electrons. The summed E-state index contributed by atoms with van der Waals surface area (Å²) in [6.07, 6.45) is 0. The van der Waals surface area contributed by atoms with Gasteiger partial charge in [-0.2, -0.15) is 4.31 Å². The molecule has 1 saturated heterocycles. The molecule has 0 unspecified atom stereocenters. The van der Waals surface area contributed by atoms with Crippen molar-refractivity contribution in [2.75, 3.05) is 26.2 Å². The molecule has 0 saturated carbocycles. The molecule has 1 heterocycles. The third kappa shape index (κ3) is 3.22. The van der Waals surface area contributed by atoms with Crippen LogP contribution in [0.3, 0.4) is 0 Å². The number of nitrogens with two attached hydrogens (primary N) is 1. The van der Waals surface area contributed by atoms with E-state index in [1.54, 1.807) is 35.3 Å². The number of hydrogen-bond acceptors (Lipinski definition) is 4. The van der Waals surface area contributed by atoms with Gasteiger partial charge in [0.2, 0.25) is 10.0 Å². The van der Waals surface area contributed by atoms with Crippen molar-refractivity contribution in [1.82, 2.24) is 14.7 Å². The number of hydrazine groups is 1. The second-order valence-corrected chi connectivity index (χ2v) is 6.12. The molecule has 2 rings (SSSR count). The lowest BCUT2D eigenvalue weighted by Gasteiger charge is -2.33. The number of primary amides is 1. The van der Waals surface area contributed by atoms with E-state index in [0.29, 0.717) is 26.2 Å². The number of urea groups is 1. The van der Waals surface area contributed by atoms with Crippen LogP contribution in [0.1, 0.15) is 0 Å². The van der Waals surface area contributed by atoms with Gasteiger partial charge < -0.3 is 5.73 Å². The van der Waals surface area contributed by atoms with E-state index < -0.39 is 16.1 Å². The number of amides is 2. The minimum atomic E-state index is -3.45. The molecule has 1 aliphatic rings. The zero-order valence-electron chi connectivity index (χ0n) is 10.3. The predicted octanol–water partition coefficient (Wildman–Crippen LogP) is -0.424. The molecular weight excluding hydrogens is 268 g/mol. The molecule has 19 heavy (non-hydrogen) atoms. The molecule has 0 aliphatic carbocycles. The number of sulfonamides is 1. The molecule has 0 bridgehead atoms. The minimum absolute atomic E-state index is 0.284. The number of carbonyl (C=O) groups excluding carboxylic acids is 1. The van der Waals surface area contributed by atoms with Crippen LogP contribution in [0.25, 0.3) is 0 Å². The second kappa shape index (κ2) is 5.55. The Hall–Kier alpha value is -1.64. The van der Waals surface area contributed by atoms with Gasteiger partial charge in [0, 0.05) is 26.2 Å². The van der Waals surface area contributed by atoms with Gasteiger partial charge in [-0.15, -0.1) is 0 Å². The lowest BCUT2D eigenvalue weighted by atomic mass is 10.4. The highest BCUT2D eigenvalue weighted by molar-refractivity contribution is 7.89. The van der Waals surface area contributed by atoms with E-state index in [2.05, 4.69) is 5.43 Å². The van der Waals surface area contributed by atoms with Gasteiger partial charge in [-0.05, 0) is 12.1 Å². The number of hydrogen-bond donors (Lipinski definition) is 2. The largest absolute Gasteiger partial charge is 0.351 e. The van der Waals surface area contributed by atoms with E-state index in [-0.39, 0.29) is 4.90 Å². The minimum Gasteiger partial charge on any atom is -0.351 e. The number of benzene rings is 1. The summed E-state index contributed by atoms with van der Waals surface area (Å²) in [6, 6.07) is 7.66. The Morgan fingerprint density at radius 2 is 1.68 bits per heavy atom. The van der Waals surface area contributed by atoms with Crippen LogP contribution in [-0.2, 0) is 10.0 Å². The quantitative estimate of drug-likeness (QED) is 0.787. The molecule has 8 heteroatoms. The van der Waals surface area contributed by atoms with Crippen LogP contribution in [0.2, 0.25) is 0 Å². The summed E-state index contributed by atoms with van der Waals surface area (Å²) >= 11 is 0. The van der Waals surface area contributed by atoms with Gasteiger partial charge in [-0.3, -0.25) is 5.43 Å². The van der Waals surface area contributed by atoms with Gasteiger partial charge in [-0.25, -0.2) is 18.2 Å². The van der Waals surface area contributed by atoms with Crippen LogP contribution in [0.4, 0.5) is 4.79 Å². The summed E-state index contributed by atoms with van der Waals surface area (Å²) in [5, 5.41) is 1.61. The van der Waals surface area contributed by atoms with Crippen LogP contribution in [0, 0.1) is 0 Å². The van der Waals surface area contributed by atoms with Crippen LogP contribution in [-0.4, -0.2) is 49.9 Å². The van der Waals surface area contributed by atoms with E-state index >= 15 is 0 Å². The average molecular weight is 284 g/mol. The highest BCUT2D eigenvalue weighted by Gasteiger charge is 2.28. The molecule has 0 spiro atoms. The Morgan fingerprint density at radius 3 is 2.21 bits per heavy atom. The van der Waals surface area contributed by atoms with E-state index in [1.165, 1.54) is 4.31 Å². The van der Waals surface area contributed by atoms with Crippen molar-refractivity contribution in [3.8, 4) is 0 Å². The van der Waals surface area contributed by atoms with Crippen molar-refractivity contribution in [1.29, 1.82) is 0 Å². The molecule has 7 nitrogen and oxygen atoms in total. The first-order valence-corrected chi connectivity index (χ1v) is 7.30. The van der Waals surface area contributed by atoms with Gasteiger partial charge in [0.25, 0.3) is 0 Å². The van der Waals surface area contributed by atoms with Crippen molar-refractivity contribution in [3.05, 3.63) is 30.3 Å². The van der Waals surface area contributed by atoms with Gasteiger partial charge in [0.05, 0.1) is 4.90 Å². The van der Waals surface area contributed by atoms with Gasteiger partial charge >= 0.3 is 6.03 Å². The molecule has 3 N–H and O–H groups in total. The van der Waals surface area contributed by atoms with E-state index in [9.17, 15) is 13.2 Å². The molecule has 104 valence electrons. The normalized spacial score (nSPS) is 18.1. The number of carbonyl (C=O) groups is 1. The Kier molecular flexibility index (Phi) is 4.03. The Morgan fingerprint density at radius 1 is 1.11 bits per heavy atom. The molecule has 0 aromatic heterocycles. The van der Waals surface area contributed by atoms with Crippen LogP contribution < -0.4 is 11.2 Å². The molecule has 1 fully saturated rings. The van der Waals surface area contributed by atoms with Crippen molar-refractivity contribution < 1.29 is 13.2 Å². The first-order chi connectivity index (χ1) is 9.00. The zero-order chi connectivity index (χ0) is 13.9. The highest BCUT2D eigenvalue weighted by Crippen LogP contribution is 2.16. The summed E-state index contributed by atoms with van der Waals surface area (Å²) in [7, 11) is -3.45. The predicted molar refractivity (Wildman–Crippen MR) is 69.5 cm³/mol. The maximum atomic E-state index is 12.3. The van der Waals surface area contributed by atoms with Crippen LogP contribution >= 0.6 is 0 Å². The van der Waals surface area contributed by atoms with E-state index in [1.807, 2.05) is 0 Å². The van der Waals surface area contributed by atoms with Crippen molar-refractivity contribution in [3.63, 3.8) is 0 Å². The molecule has 2 amide bonds. The topological polar surface area (TPSA) is 95.7 Å². The monoisotopic (exact) mass is 284 g/mol. The van der Waals surface area contributed by atoms with E-state index in [4.69, 9.17) is 5.73 Å². The zero-order valence-corrected chi connectivity index (χ0v) is 11.1. The second-order valence-electron chi connectivity index (χ2n) is 4.18. The fourth-order valence-corrected chi connectivity index (χ4v) is 3.38. The standard InChI is InChI=1S/C11H16N4O3S/c12-11(16)13-14-6-8-15(9-7-14)19(17,18)10-4-2-1-3-5-10/h1-5H,6-9H2,(H3,12,13,16). The van der Waals surface area contributed by atoms with Crippen molar-refractivity contribution in [2.24, 2.45) is 5.73 Å². The summed E-state index contributed by atoms with van der Waals surface area (Å²) in [5.41, 5.74) is 7.46. The fourth-order valence-electron chi connectivity index (χ4n) is 1.94. The highest BCUT2D eigenvalue weighted by atomic mass is 32.2. The number of nitrogens with zero attached hydrogens (tertiary/aromatic N) is 2. The average Bonchev–Trinajstić information content (AvgIpc) is 2.40. The maximum Gasteiger partial charge on any atom is 0.326 e. The first kappa shape index (κ1) is 13.8. The lowest BCUT2D eigenvalue weighted by molar-refractivity contribution is 0.138. The third-order valence-corrected chi connectivity index (χ3v) is 4.80. The maximum absolute atomic E-state index is 12.3. The SMILES string of the molecule is NC(=O)NN1CCN(S(=O)(=O)c2ccccc2)CC1. The Bertz CT molecular complexity index is 538. The van der Waals surface area contributed by atoms with Gasteiger partial charge in [0.1, 0.15) is 0 Å². The third-order valence-electron chi connectivity index (χ3n) is 2.89. The Balaban J connectivity index is 2.03. The summed E-state index contributed by atoms with van der Waals surface area (Å²) < 4.78 is 26.0. The van der Waals surface area contributed by atoms with Crippen LogP contribution in [0.5, 0.6) is 0 Å². The molecular formula is C11H16N4O3S.